The van der Waals surface area contributed by atoms with Crippen molar-refractivity contribution in [1.82, 2.24) is 0 Å². The summed E-state index contributed by atoms with van der Waals surface area (Å²) >= 11 is 0. The number of hydrogen-bond acceptors (Lipinski definition) is 3. The molecular formula is C15H16O4S. The summed E-state index contributed by atoms with van der Waals surface area (Å²) in [5.41, 5.74) is 2.31. The third-order valence-electron chi connectivity index (χ3n) is 2.96. The lowest BCUT2D eigenvalue weighted by Crippen LogP contribution is -1.99. The standard InChI is InChI=1S/C15H16O4S/c1-2-12-3-5-13(6-4-12)11-19-14-7-9-15(10-8-14)20(16,17)18/h3-10H,2,11H2,1H3,(H,16,17,18). The smallest absolute Gasteiger partial charge is 0.294 e. The second kappa shape index (κ2) is 6.07. The molecule has 4 nitrogen and oxygen atoms in total. The largest absolute Gasteiger partial charge is 0.489 e. The molecule has 0 spiro atoms. The zero-order valence-electron chi connectivity index (χ0n) is 11.1. The lowest BCUT2D eigenvalue weighted by Gasteiger charge is -2.07. The number of rotatable bonds is 5. The first-order valence-corrected chi connectivity index (χ1v) is 7.71. The molecule has 0 unspecified atom stereocenters. The highest BCUT2D eigenvalue weighted by molar-refractivity contribution is 7.85. The fourth-order valence-electron chi connectivity index (χ4n) is 1.75. The molecule has 0 bridgehead atoms. The van der Waals surface area contributed by atoms with Crippen molar-refractivity contribution in [2.45, 2.75) is 24.8 Å². The first kappa shape index (κ1) is 14.6. The van der Waals surface area contributed by atoms with Gasteiger partial charge in [0.05, 0.1) is 4.90 Å². The van der Waals surface area contributed by atoms with Crippen molar-refractivity contribution in [1.29, 1.82) is 0 Å². The van der Waals surface area contributed by atoms with E-state index in [0.29, 0.717) is 12.4 Å². The summed E-state index contributed by atoms with van der Waals surface area (Å²) in [6, 6.07) is 13.8. The molecule has 0 aliphatic carbocycles. The quantitative estimate of drug-likeness (QED) is 0.860. The van der Waals surface area contributed by atoms with Crippen LogP contribution in [0.25, 0.3) is 0 Å². The fourth-order valence-corrected chi connectivity index (χ4v) is 2.23. The van der Waals surface area contributed by atoms with E-state index < -0.39 is 10.1 Å². The van der Waals surface area contributed by atoms with Gasteiger partial charge in [0.2, 0.25) is 0 Å². The van der Waals surface area contributed by atoms with Gasteiger partial charge in [-0.05, 0) is 41.8 Å². The van der Waals surface area contributed by atoms with Gasteiger partial charge in [-0.3, -0.25) is 4.55 Å². The Balaban J connectivity index is 2.00. The molecule has 0 saturated carbocycles. The minimum Gasteiger partial charge on any atom is -0.489 e. The maximum Gasteiger partial charge on any atom is 0.294 e. The van der Waals surface area contributed by atoms with Crippen LogP contribution in [0.5, 0.6) is 5.75 Å². The van der Waals surface area contributed by atoms with Crippen LogP contribution >= 0.6 is 0 Å². The van der Waals surface area contributed by atoms with E-state index in [1.54, 1.807) is 0 Å². The molecule has 106 valence electrons. The molecule has 0 aliphatic heterocycles. The number of ether oxygens (including phenoxy) is 1. The van der Waals surface area contributed by atoms with E-state index in [4.69, 9.17) is 9.29 Å². The highest BCUT2D eigenvalue weighted by atomic mass is 32.2. The molecule has 1 N–H and O–H groups in total. The summed E-state index contributed by atoms with van der Waals surface area (Å²) in [6.07, 6.45) is 0.998. The van der Waals surface area contributed by atoms with Crippen LogP contribution in [0.4, 0.5) is 0 Å². The molecule has 2 rings (SSSR count). The summed E-state index contributed by atoms with van der Waals surface area (Å²) in [5.74, 6) is 0.553. The maximum atomic E-state index is 10.9. The SMILES string of the molecule is CCc1ccc(COc2ccc(S(=O)(=O)O)cc2)cc1. The molecule has 20 heavy (non-hydrogen) atoms. The van der Waals surface area contributed by atoms with Crippen LogP contribution in [0, 0.1) is 0 Å². The van der Waals surface area contributed by atoms with Crippen LogP contribution in [0.3, 0.4) is 0 Å². The van der Waals surface area contributed by atoms with Gasteiger partial charge in [-0.2, -0.15) is 8.42 Å². The Kier molecular flexibility index (Phi) is 4.42. The van der Waals surface area contributed by atoms with Gasteiger partial charge in [-0.1, -0.05) is 31.2 Å². The van der Waals surface area contributed by atoms with Gasteiger partial charge >= 0.3 is 0 Å². The Morgan fingerprint density at radius 3 is 2.00 bits per heavy atom. The summed E-state index contributed by atoms with van der Waals surface area (Å²) in [5, 5.41) is 0. The number of aryl methyl sites for hydroxylation is 1. The molecule has 0 heterocycles. The molecule has 2 aromatic carbocycles. The van der Waals surface area contributed by atoms with Crippen molar-refractivity contribution in [2.75, 3.05) is 0 Å². The predicted molar refractivity (Wildman–Crippen MR) is 76.4 cm³/mol. The van der Waals surface area contributed by atoms with Crippen molar-refractivity contribution in [3.8, 4) is 5.75 Å². The molecule has 0 radical (unpaired) electrons. The third-order valence-corrected chi connectivity index (χ3v) is 3.83. The fraction of sp³-hybridized carbons (Fsp3) is 0.200. The molecular weight excluding hydrogens is 276 g/mol. The van der Waals surface area contributed by atoms with E-state index in [1.165, 1.54) is 29.8 Å². The molecule has 0 aromatic heterocycles. The van der Waals surface area contributed by atoms with Crippen molar-refractivity contribution in [3.63, 3.8) is 0 Å². The highest BCUT2D eigenvalue weighted by Crippen LogP contribution is 2.17. The van der Waals surface area contributed by atoms with Crippen LogP contribution in [0.2, 0.25) is 0 Å². The van der Waals surface area contributed by atoms with Gasteiger partial charge in [-0.25, -0.2) is 0 Å². The van der Waals surface area contributed by atoms with E-state index in [9.17, 15) is 8.42 Å². The Hall–Kier alpha value is -1.85. The van der Waals surface area contributed by atoms with Gasteiger partial charge in [-0.15, -0.1) is 0 Å². The first-order valence-electron chi connectivity index (χ1n) is 6.27. The van der Waals surface area contributed by atoms with E-state index in [-0.39, 0.29) is 4.90 Å². The van der Waals surface area contributed by atoms with Crippen LogP contribution in [0.15, 0.2) is 53.4 Å². The monoisotopic (exact) mass is 292 g/mol. The molecule has 0 fully saturated rings. The molecule has 0 saturated heterocycles. The van der Waals surface area contributed by atoms with Crippen LogP contribution in [-0.2, 0) is 23.1 Å². The Morgan fingerprint density at radius 1 is 0.950 bits per heavy atom. The van der Waals surface area contributed by atoms with Gasteiger partial charge in [0, 0.05) is 0 Å². The minimum absolute atomic E-state index is 0.142. The summed E-state index contributed by atoms with van der Waals surface area (Å²) in [4.78, 5) is -0.142. The van der Waals surface area contributed by atoms with E-state index >= 15 is 0 Å². The summed E-state index contributed by atoms with van der Waals surface area (Å²) < 4.78 is 36.2. The van der Waals surface area contributed by atoms with Crippen molar-refractivity contribution in [2.24, 2.45) is 0 Å². The molecule has 0 atom stereocenters. The topological polar surface area (TPSA) is 63.6 Å². The summed E-state index contributed by atoms with van der Waals surface area (Å²) in [7, 11) is -4.15. The van der Waals surface area contributed by atoms with Crippen molar-refractivity contribution >= 4 is 10.1 Å². The highest BCUT2D eigenvalue weighted by Gasteiger charge is 2.08. The molecule has 2 aromatic rings. The van der Waals surface area contributed by atoms with Gasteiger partial charge in [0.25, 0.3) is 10.1 Å². The van der Waals surface area contributed by atoms with Crippen LogP contribution in [0.1, 0.15) is 18.1 Å². The van der Waals surface area contributed by atoms with Gasteiger partial charge in [0.15, 0.2) is 0 Å². The lowest BCUT2D eigenvalue weighted by atomic mass is 10.1. The Bertz CT molecular complexity index is 658. The second-order valence-corrected chi connectivity index (χ2v) is 5.83. The van der Waals surface area contributed by atoms with Crippen LogP contribution < -0.4 is 4.74 Å². The average molecular weight is 292 g/mol. The second-order valence-electron chi connectivity index (χ2n) is 4.41. The minimum atomic E-state index is -4.15. The third kappa shape index (κ3) is 3.82. The zero-order valence-corrected chi connectivity index (χ0v) is 11.9. The lowest BCUT2D eigenvalue weighted by molar-refractivity contribution is 0.306. The predicted octanol–water partition coefficient (Wildman–Crippen LogP) is 3.07. The summed E-state index contributed by atoms with van der Waals surface area (Å²) in [6.45, 7) is 2.51. The van der Waals surface area contributed by atoms with Gasteiger partial charge in [0.1, 0.15) is 12.4 Å². The molecule has 5 heteroatoms. The average Bonchev–Trinajstić information content (AvgIpc) is 2.45. The van der Waals surface area contributed by atoms with E-state index in [1.807, 2.05) is 12.1 Å². The molecule has 0 aliphatic rings. The number of benzene rings is 2. The van der Waals surface area contributed by atoms with Crippen LogP contribution in [-0.4, -0.2) is 13.0 Å². The first-order chi connectivity index (χ1) is 9.49. The normalized spacial score (nSPS) is 11.3. The van der Waals surface area contributed by atoms with Gasteiger partial charge < -0.3 is 4.74 Å². The molecule has 0 amide bonds. The zero-order chi connectivity index (χ0) is 14.6. The Morgan fingerprint density at radius 2 is 1.50 bits per heavy atom. The van der Waals surface area contributed by atoms with E-state index in [0.717, 1.165) is 12.0 Å². The van der Waals surface area contributed by atoms with E-state index in [2.05, 4.69) is 19.1 Å². The Labute approximate surface area is 118 Å². The van der Waals surface area contributed by atoms with Crippen molar-refractivity contribution in [3.05, 3.63) is 59.7 Å². The van der Waals surface area contributed by atoms with Crippen molar-refractivity contribution < 1.29 is 17.7 Å². The maximum absolute atomic E-state index is 10.9. The number of hydrogen-bond donors (Lipinski definition) is 1.